The van der Waals surface area contributed by atoms with E-state index in [9.17, 15) is 23.7 Å². The van der Waals surface area contributed by atoms with Crippen LogP contribution in [0.5, 0.6) is 11.5 Å². The summed E-state index contributed by atoms with van der Waals surface area (Å²) in [7, 11) is 0.667. The van der Waals surface area contributed by atoms with Crippen LogP contribution in [0.25, 0.3) is 10.8 Å². The highest BCUT2D eigenvalue weighted by atomic mass is 35.5. The Labute approximate surface area is 246 Å². The van der Waals surface area contributed by atoms with E-state index in [1.165, 1.54) is 11.8 Å². The molecule has 1 aliphatic heterocycles. The summed E-state index contributed by atoms with van der Waals surface area (Å²) in [6, 6.07) is 9.27. The van der Waals surface area contributed by atoms with Gasteiger partial charge in [-0.25, -0.2) is 14.0 Å². The van der Waals surface area contributed by atoms with Crippen LogP contribution in [0.4, 0.5) is 4.39 Å². The van der Waals surface area contributed by atoms with Gasteiger partial charge in [-0.1, -0.05) is 24.3 Å². The number of H-pyrrole nitrogens is 1. The van der Waals surface area contributed by atoms with Crippen LogP contribution in [0.1, 0.15) is 31.1 Å². The fraction of sp³-hybridized carbons (Fsp3) is 0.481. The van der Waals surface area contributed by atoms with E-state index in [2.05, 4.69) is 0 Å². The number of fused-ring (bicyclic) bond motifs is 1. The van der Waals surface area contributed by atoms with Gasteiger partial charge in [0.05, 0.1) is 39.7 Å². The second kappa shape index (κ2) is 14.1. The van der Waals surface area contributed by atoms with Crippen LogP contribution in [-0.2, 0) is 25.0 Å². The number of alkyl halides is 1. The SMILES string of the molecule is COc1cc(COP(=O)(OC[C@H]2O[C@@H](n3cc(F)c(=O)[nH]c3=O)CC2O)N(C)CCCCCl)c(OC)c2ccccc12. The molecule has 230 valence electrons. The van der Waals surface area contributed by atoms with Crippen molar-refractivity contribution in [2.45, 2.75) is 44.3 Å². The molecule has 0 aliphatic carbocycles. The first-order chi connectivity index (χ1) is 20.1. The van der Waals surface area contributed by atoms with Crippen molar-refractivity contribution in [3.8, 4) is 11.5 Å². The fourth-order valence-electron chi connectivity index (χ4n) is 4.71. The maximum Gasteiger partial charge on any atom is 0.408 e. The monoisotopic (exact) mass is 629 g/mol. The number of aliphatic hydroxyl groups excluding tert-OH is 1. The normalized spacial score (nSPS) is 20.2. The Morgan fingerprint density at radius 2 is 1.93 bits per heavy atom. The van der Waals surface area contributed by atoms with Gasteiger partial charge in [0.15, 0.2) is 0 Å². The molecule has 1 saturated heterocycles. The molecule has 4 rings (SSSR count). The van der Waals surface area contributed by atoms with Gasteiger partial charge in [-0.3, -0.25) is 23.4 Å². The number of nitrogens with zero attached hydrogens (tertiary/aromatic N) is 2. The zero-order chi connectivity index (χ0) is 30.4. The average Bonchev–Trinajstić information content (AvgIpc) is 3.36. The lowest BCUT2D eigenvalue weighted by Crippen LogP contribution is -2.34. The van der Waals surface area contributed by atoms with Gasteiger partial charge in [0, 0.05) is 35.2 Å². The van der Waals surface area contributed by atoms with E-state index in [4.69, 9.17) is 34.9 Å². The van der Waals surface area contributed by atoms with E-state index < -0.39 is 43.2 Å². The van der Waals surface area contributed by atoms with Crippen LogP contribution in [0, 0.1) is 5.82 Å². The summed E-state index contributed by atoms with van der Waals surface area (Å²) < 4.78 is 59.0. The number of halogens is 2. The van der Waals surface area contributed by atoms with Crippen molar-refractivity contribution in [3.63, 3.8) is 0 Å². The highest BCUT2D eigenvalue weighted by Gasteiger charge is 2.39. The van der Waals surface area contributed by atoms with Crippen molar-refractivity contribution in [2.24, 2.45) is 0 Å². The third-order valence-electron chi connectivity index (χ3n) is 6.97. The van der Waals surface area contributed by atoms with Gasteiger partial charge in [-0.2, -0.15) is 4.39 Å². The Bertz CT molecular complexity index is 1550. The minimum absolute atomic E-state index is 0.0930. The van der Waals surface area contributed by atoms with Gasteiger partial charge in [0.25, 0.3) is 5.56 Å². The zero-order valence-corrected chi connectivity index (χ0v) is 25.1. The summed E-state index contributed by atoms with van der Waals surface area (Å²) in [5.74, 6) is 0.365. The largest absolute Gasteiger partial charge is 0.496 e. The number of hydrogen-bond acceptors (Lipinski definition) is 9. The molecule has 3 aromatic rings. The Hall–Kier alpha value is -2.77. The smallest absolute Gasteiger partial charge is 0.408 e. The molecule has 2 heterocycles. The van der Waals surface area contributed by atoms with Crippen LogP contribution >= 0.6 is 19.3 Å². The summed E-state index contributed by atoms with van der Waals surface area (Å²) in [5, 5.41) is 12.2. The Kier molecular flexibility index (Phi) is 10.8. The molecule has 42 heavy (non-hydrogen) atoms. The van der Waals surface area contributed by atoms with Crippen LogP contribution in [0.3, 0.4) is 0 Å². The van der Waals surface area contributed by atoms with E-state index in [1.807, 2.05) is 29.2 Å². The molecule has 0 spiro atoms. The number of aliphatic hydroxyl groups is 1. The molecule has 1 aliphatic rings. The first-order valence-corrected chi connectivity index (χ1v) is 15.3. The highest BCUT2D eigenvalue weighted by molar-refractivity contribution is 7.51. The molecule has 1 aromatic heterocycles. The molecule has 1 fully saturated rings. The molecular weight excluding hydrogens is 596 g/mol. The number of unbranched alkanes of at least 4 members (excludes halogenated alkanes) is 1. The topological polar surface area (TPSA) is 142 Å². The van der Waals surface area contributed by atoms with Crippen molar-refractivity contribution in [1.29, 1.82) is 0 Å². The van der Waals surface area contributed by atoms with Crippen molar-refractivity contribution < 1.29 is 37.3 Å². The molecule has 0 amide bonds. The molecule has 2 N–H and O–H groups in total. The number of aromatic nitrogens is 2. The van der Waals surface area contributed by atoms with Gasteiger partial charge < -0.3 is 19.3 Å². The van der Waals surface area contributed by atoms with E-state index in [0.29, 0.717) is 48.5 Å². The van der Waals surface area contributed by atoms with Crippen LogP contribution in [-0.4, -0.2) is 71.8 Å². The summed E-state index contributed by atoms with van der Waals surface area (Å²) in [6.45, 7) is -0.192. The number of ether oxygens (including phenoxy) is 3. The van der Waals surface area contributed by atoms with Crippen LogP contribution in [0.2, 0.25) is 0 Å². The minimum atomic E-state index is -4.00. The van der Waals surface area contributed by atoms with E-state index >= 15 is 0 Å². The van der Waals surface area contributed by atoms with Crippen LogP contribution < -0.4 is 20.7 Å². The lowest BCUT2D eigenvalue weighted by molar-refractivity contribution is -0.0457. The van der Waals surface area contributed by atoms with Crippen molar-refractivity contribution in [1.82, 2.24) is 14.2 Å². The maximum absolute atomic E-state index is 14.1. The first kappa shape index (κ1) is 32.2. The number of nitrogens with one attached hydrogen (secondary N) is 1. The number of methoxy groups -OCH3 is 2. The average molecular weight is 630 g/mol. The molecular formula is C27H34ClFN3O9P. The van der Waals surface area contributed by atoms with Gasteiger partial charge in [0.2, 0.25) is 5.82 Å². The third kappa shape index (κ3) is 7.05. The van der Waals surface area contributed by atoms with E-state index in [-0.39, 0.29) is 19.6 Å². The van der Waals surface area contributed by atoms with Crippen LogP contribution in [0.15, 0.2) is 46.1 Å². The van der Waals surface area contributed by atoms with Gasteiger partial charge >= 0.3 is 13.4 Å². The predicted octanol–water partition coefficient (Wildman–Crippen LogP) is 3.79. The molecule has 2 unspecified atom stereocenters. The molecule has 4 atom stereocenters. The Balaban J connectivity index is 1.54. The van der Waals surface area contributed by atoms with Crippen molar-refractivity contribution >= 4 is 30.1 Å². The summed E-state index contributed by atoms with van der Waals surface area (Å²) >= 11 is 5.82. The molecule has 0 radical (unpaired) electrons. The first-order valence-electron chi connectivity index (χ1n) is 13.3. The van der Waals surface area contributed by atoms with Gasteiger partial charge in [-0.15, -0.1) is 11.6 Å². The quantitative estimate of drug-likeness (QED) is 0.154. The van der Waals surface area contributed by atoms with Crippen molar-refractivity contribution in [3.05, 3.63) is 68.7 Å². The molecule has 2 aromatic carbocycles. The van der Waals surface area contributed by atoms with E-state index in [1.54, 1.807) is 20.2 Å². The lowest BCUT2D eigenvalue weighted by atomic mass is 10.0. The third-order valence-corrected chi connectivity index (χ3v) is 9.20. The number of rotatable bonds is 14. The van der Waals surface area contributed by atoms with E-state index in [0.717, 1.165) is 15.3 Å². The van der Waals surface area contributed by atoms with Crippen molar-refractivity contribution in [2.75, 3.05) is 40.3 Å². The maximum atomic E-state index is 14.1. The summed E-state index contributed by atoms with van der Waals surface area (Å²) in [5.41, 5.74) is -1.48. The second-order valence-corrected chi connectivity index (χ2v) is 12.2. The Morgan fingerprint density at radius 3 is 2.62 bits per heavy atom. The Morgan fingerprint density at radius 1 is 1.19 bits per heavy atom. The van der Waals surface area contributed by atoms with Gasteiger partial charge in [0.1, 0.15) is 23.8 Å². The standard InChI is InChI=1S/C27H34ClFN3O9P/c1-31(11-7-6-10-28)42(36,39-15-17-12-22(37-2)18-8-4-5-9-19(18)25(17)38-3)40-16-23-21(33)13-24(41-23)32-14-20(29)26(34)30-27(32)35/h4-5,8-9,12,14,21,23-24,33H,6-7,10-11,13,15-16H2,1-3H3,(H,30,34,35)/t21?,23-,24-,42?/m1/s1. The molecule has 0 saturated carbocycles. The minimum Gasteiger partial charge on any atom is -0.496 e. The molecule has 12 nitrogen and oxygen atoms in total. The molecule has 15 heteroatoms. The number of benzene rings is 2. The summed E-state index contributed by atoms with van der Waals surface area (Å²) in [4.78, 5) is 25.4. The number of aromatic amines is 1. The second-order valence-electron chi connectivity index (χ2n) is 9.71. The zero-order valence-electron chi connectivity index (χ0n) is 23.5. The lowest BCUT2D eigenvalue weighted by Gasteiger charge is -2.28. The molecule has 0 bridgehead atoms. The number of hydrogen-bond donors (Lipinski definition) is 2. The highest BCUT2D eigenvalue weighted by Crippen LogP contribution is 2.53. The fourth-order valence-corrected chi connectivity index (χ4v) is 6.39. The predicted molar refractivity (Wildman–Crippen MR) is 154 cm³/mol. The summed E-state index contributed by atoms with van der Waals surface area (Å²) in [6.07, 6.45) is -1.33. The van der Waals surface area contributed by atoms with Gasteiger partial charge in [-0.05, 0) is 26.0 Å².